The SMILES string of the molecule is COc1cc(/C=C/C(=O)O[C@H](C)c2ccc(C)cc2)cc(OC)c1OC. The first-order valence-corrected chi connectivity index (χ1v) is 8.23. The van der Waals surface area contributed by atoms with Gasteiger partial charge in [0.05, 0.1) is 21.3 Å². The van der Waals surface area contributed by atoms with E-state index in [0.29, 0.717) is 17.2 Å². The molecule has 2 aromatic carbocycles. The first-order chi connectivity index (χ1) is 12.5. The highest BCUT2D eigenvalue weighted by Gasteiger charge is 2.13. The van der Waals surface area contributed by atoms with Crippen molar-refractivity contribution in [2.24, 2.45) is 0 Å². The summed E-state index contributed by atoms with van der Waals surface area (Å²) in [6.45, 7) is 3.86. The molecule has 0 spiro atoms. The van der Waals surface area contributed by atoms with Crippen molar-refractivity contribution in [3.05, 3.63) is 59.2 Å². The van der Waals surface area contributed by atoms with Crippen LogP contribution in [0, 0.1) is 6.92 Å². The molecule has 5 nitrogen and oxygen atoms in total. The summed E-state index contributed by atoms with van der Waals surface area (Å²) in [4.78, 5) is 12.1. The summed E-state index contributed by atoms with van der Waals surface area (Å²) in [7, 11) is 4.63. The van der Waals surface area contributed by atoms with E-state index in [2.05, 4.69) is 0 Å². The average Bonchev–Trinajstić information content (AvgIpc) is 2.65. The Labute approximate surface area is 154 Å². The van der Waals surface area contributed by atoms with Gasteiger partial charge in [0, 0.05) is 6.08 Å². The fourth-order valence-electron chi connectivity index (χ4n) is 2.48. The third-order valence-electron chi connectivity index (χ3n) is 3.94. The van der Waals surface area contributed by atoms with Crippen LogP contribution in [0.15, 0.2) is 42.5 Å². The standard InChI is InChI=1S/C21H24O5/c1-14-6-9-17(10-7-14)15(2)26-20(22)11-8-16-12-18(23-3)21(25-5)19(13-16)24-4/h6-13,15H,1-5H3/b11-8+/t15-/m1/s1. The van der Waals surface area contributed by atoms with Crippen molar-refractivity contribution >= 4 is 12.0 Å². The van der Waals surface area contributed by atoms with Gasteiger partial charge < -0.3 is 18.9 Å². The molecule has 2 aromatic rings. The molecule has 0 fully saturated rings. The molecule has 0 aliphatic carbocycles. The van der Waals surface area contributed by atoms with Gasteiger partial charge in [-0.05, 0) is 43.2 Å². The summed E-state index contributed by atoms with van der Waals surface area (Å²) in [6.07, 6.45) is 2.70. The van der Waals surface area contributed by atoms with Gasteiger partial charge in [-0.2, -0.15) is 0 Å². The van der Waals surface area contributed by atoms with Crippen molar-refractivity contribution in [3.8, 4) is 17.2 Å². The van der Waals surface area contributed by atoms with Crippen molar-refractivity contribution in [3.63, 3.8) is 0 Å². The lowest BCUT2D eigenvalue weighted by Gasteiger charge is -2.13. The maximum Gasteiger partial charge on any atom is 0.331 e. The Bertz CT molecular complexity index is 752. The minimum atomic E-state index is -0.424. The second-order valence-corrected chi connectivity index (χ2v) is 5.78. The van der Waals surface area contributed by atoms with Crippen molar-refractivity contribution in [2.45, 2.75) is 20.0 Å². The number of aryl methyl sites for hydroxylation is 1. The number of hydrogen-bond acceptors (Lipinski definition) is 5. The van der Waals surface area contributed by atoms with Crippen LogP contribution in [-0.2, 0) is 9.53 Å². The Balaban J connectivity index is 2.11. The Kier molecular flexibility index (Phi) is 6.67. The maximum absolute atomic E-state index is 12.1. The van der Waals surface area contributed by atoms with E-state index in [1.165, 1.54) is 6.08 Å². The number of esters is 1. The molecule has 0 amide bonds. The van der Waals surface area contributed by atoms with Gasteiger partial charge in [-0.1, -0.05) is 29.8 Å². The zero-order chi connectivity index (χ0) is 19.1. The van der Waals surface area contributed by atoms with Crippen LogP contribution in [0.4, 0.5) is 0 Å². The lowest BCUT2D eigenvalue weighted by molar-refractivity contribution is -0.142. The lowest BCUT2D eigenvalue weighted by atomic mass is 10.1. The van der Waals surface area contributed by atoms with E-state index in [1.54, 1.807) is 39.5 Å². The molecule has 0 heterocycles. The van der Waals surface area contributed by atoms with Gasteiger partial charge in [0.25, 0.3) is 0 Å². The fourth-order valence-corrected chi connectivity index (χ4v) is 2.48. The van der Waals surface area contributed by atoms with Gasteiger partial charge in [-0.15, -0.1) is 0 Å². The van der Waals surface area contributed by atoms with Gasteiger partial charge in [0.1, 0.15) is 6.10 Å². The molecule has 138 valence electrons. The Morgan fingerprint density at radius 2 is 1.54 bits per heavy atom. The van der Waals surface area contributed by atoms with E-state index in [9.17, 15) is 4.79 Å². The van der Waals surface area contributed by atoms with Crippen molar-refractivity contribution in [1.29, 1.82) is 0 Å². The highest BCUT2D eigenvalue weighted by molar-refractivity contribution is 5.87. The average molecular weight is 356 g/mol. The number of methoxy groups -OCH3 is 3. The van der Waals surface area contributed by atoms with E-state index in [4.69, 9.17) is 18.9 Å². The summed E-state index contributed by atoms with van der Waals surface area (Å²) < 4.78 is 21.3. The van der Waals surface area contributed by atoms with Gasteiger partial charge in [0.2, 0.25) is 5.75 Å². The monoisotopic (exact) mass is 356 g/mol. The minimum absolute atomic E-state index is 0.326. The molecular weight excluding hydrogens is 332 g/mol. The van der Waals surface area contributed by atoms with E-state index < -0.39 is 5.97 Å². The van der Waals surface area contributed by atoms with Crippen LogP contribution in [0.3, 0.4) is 0 Å². The predicted octanol–water partition coefficient (Wildman–Crippen LogP) is 4.34. The summed E-state index contributed by atoms with van der Waals surface area (Å²) in [5.74, 6) is 1.12. The molecule has 0 N–H and O–H groups in total. The number of benzene rings is 2. The first kappa shape index (κ1) is 19.4. The molecule has 2 rings (SSSR count). The predicted molar refractivity (Wildman–Crippen MR) is 101 cm³/mol. The Hall–Kier alpha value is -2.95. The van der Waals surface area contributed by atoms with Crippen LogP contribution in [0.1, 0.15) is 29.7 Å². The van der Waals surface area contributed by atoms with Crippen molar-refractivity contribution < 1.29 is 23.7 Å². The van der Waals surface area contributed by atoms with Crippen LogP contribution >= 0.6 is 0 Å². The zero-order valence-electron chi connectivity index (χ0n) is 15.7. The molecule has 0 unspecified atom stereocenters. The van der Waals surface area contributed by atoms with Crippen LogP contribution in [-0.4, -0.2) is 27.3 Å². The summed E-state index contributed by atoms with van der Waals surface area (Å²) in [5, 5.41) is 0. The molecule has 0 aliphatic heterocycles. The molecule has 1 atom stereocenters. The van der Waals surface area contributed by atoms with E-state index in [1.807, 2.05) is 38.1 Å². The fraction of sp³-hybridized carbons (Fsp3) is 0.286. The first-order valence-electron chi connectivity index (χ1n) is 8.23. The number of carbonyl (C=O) groups excluding carboxylic acids is 1. The molecule has 26 heavy (non-hydrogen) atoms. The Morgan fingerprint density at radius 3 is 2.04 bits per heavy atom. The molecule has 0 radical (unpaired) electrons. The molecule has 0 aromatic heterocycles. The second-order valence-electron chi connectivity index (χ2n) is 5.78. The molecule has 0 saturated carbocycles. The third-order valence-corrected chi connectivity index (χ3v) is 3.94. The normalized spacial score (nSPS) is 11.9. The summed E-state index contributed by atoms with van der Waals surface area (Å²) in [6, 6.07) is 11.4. The van der Waals surface area contributed by atoms with Crippen LogP contribution in [0.2, 0.25) is 0 Å². The highest BCUT2D eigenvalue weighted by atomic mass is 16.5. The summed E-state index contributed by atoms with van der Waals surface area (Å²) in [5.41, 5.74) is 2.85. The molecule has 0 saturated heterocycles. The van der Waals surface area contributed by atoms with E-state index in [-0.39, 0.29) is 6.10 Å². The number of hydrogen-bond donors (Lipinski definition) is 0. The summed E-state index contributed by atoms with van der Waals surface area (Å²) >= 11 is 0. The highest BCUT2D eigenvalue weighted by Crippen LogP contribution is 2.38. The van der Waals surface area contributed by atoms with Crippen molar-refractivity contribution in [1.82, 2.24) is 0 Å². The van der Waals surface area contributed by atoms with Gasteiger partial charge >= 0.3 is 5.97 Å². The van der Waals surface area contributed by atoms with Gasteiger partial charge in [-0.3, -0.25) is 0 Å². The molecule has 5 heteroatoms. The molecular formula is C21H24O5. The zero-order valence-corrected chi connectivity index (χ0v) is 15.7. The lowest BCUT2D eigenvalue weighted by Crippen LogP contribution is -2.06. The van der Waals surface area contributed by atoms with Crippen molar-refractivity contribution in [2.75, 3.05) is 21.3 Å². The molecule has 0 bridgehead atoms. The van der Waals surface area contributed by atoms with Crippen LogP contribution in [0.5, 0.6) is 17.2 Å². The topological polar surface area (TPSA) is 54.0 Å². The van der Waals surface area contributed by atoms with Crippen LogP contribution in [0.25, 0.3) is 6.08 Å². The Morgan fingerprint density at radius 1 is 0.962 bits per heavy atom. The van der Waals surface area contributed by atoms with Gasteiger partial charge in [0.15, 0.2) is 11.5 Å². The number of carbonyl (C=O) groups is 1. The van der Waals surface area contributed by atoms with Gasteiger partial charge in [-0.25, -0.2) is 4.79 Å². The maximum atomic E-state index is 12.1. The number of rotatable bonds is 7. The van der Waals surface area contributed by atoms with E-state index in [0.717, 1.165) is 16.7 Å². The number of ether oxygens (including phenoxy) is 4. The van der Waals surface area contributed by atoms with E-state index >= 15 is 0 Å². The minimum Gasteiger partial charge on any atom is -0.493 e. The smallest absolute Gasteiger partial charge is 0.331 e. The van der Waals surface area contributed by atoms with Crippen LogP contribution < -0.4 is 14.2 Å². The largest absolute Gasteiger partial charge is 0.493 e. The second kappa shape index (κ2) is 8.94. The third kappa shape index (κ3) is 4.79. The molecule has 0 aliphatic rings. The quantitative estimate of drug-likeness (QED) is 0.546.